The van der Waals surface area contributed by atoms with E-state index in [0.29, 0.717) is 30.3 Å². The topological polar surface area (TPSA) is 105 Å². The van der Waals surface area contributed by atoms with Crippen molar-refractivity contribution < 1.29 is 19.2 Å². The number of nitrogens with zero attached hydrogens (tertiary/aromatic N) is 2. The minimum Gasteiger partial charge on any atom is -0.481 e. The molecule has 0 radical (unpaired) electrons. The molecule has 3 rings (SSSR count). The van der Waals surface area contributed by atoms with Gasteiger partial charge in [-0.15, -0.1) is 0 Å². The average Bonchev–Trinajstić information content (AvgIpc) is 3.30. The number of nitrogens with one attached hydrogen (secondary N) is 1. The van der Waals surface area contributed by atoms with Crippen molar-refractivity contribution in [2.24, 2.45) is 0 Å². The van der Waals surface area contributed by atoms with Crippen LogP contribution in [0.3, 0.4) is 0 Å². The summed E-state index contributed by atoms with van der Waals surface area (Å²) in [5.41, 5.74) is 1.61. The highest BCUT2D eigenvalue weighted by Gasteiger charge is 2.22. The van der Waals surface area contributed by atoms with Crippen molar-refractivity contribution in [1.29, 1.82) is 0 Å². The molecule has 0 unspecified atom stereocenters. The first-order valence-corrected chi connectivity index (χ1v) is 9.03. The molecular weight excluding hydrogens is 334 g/mol. The van der Waals surface area contributed by atoms with E-state index in [1.807, 2.05) is 12.1 Å². The fraction of sp³-hybridized carbons (Fsp3) is 0.474. The number of aryl methyl sites for hydroxylation is 2. The quantitative estimate of drug-likeness (QED) is 0.751. The van der Waals surface area contributed by atoms with Crippen LogP contribution in [0.25, 0.3) is 0 Å². The van der Waals surface area contributed by atoms with Gasteiger partial charge in [0.1, 0.15) is 0 Å². The second kappa shape index (κ2) is 8.60. The predicted octanol–water partition coefficient (Wildman–Crippen LogP) is 3.32. The van der Waals surface area contributed by atoms with Gasteiger partial charge in [0, 0.05) is 30.9 Å². The molecule has 26 heavy (non-hydrogen) atoms. The lowest BCUT2D eigenvalue weighted by molar-refractivity contribution is -0.137. The molecule has 1 aromatic heterocycles. The number of rotatable bonds is 8. The Morgan fingerprint density at radius 3 is 2.54 bits per heavy atom. The predicted molar refractivity (Wildman–Crippen MR) is 94.9 cm³/mol. The van der Waals surface area contributed by atoms with E-state index in [1.165, 1.54) is 12.8 Å². The van der Waals surface area contributed by atoms with Gasteiger partial charge in [0.15, 0.2) is 5.82 Å². The Morgan fingerprint density at radius 1 is 1.12 bits per heavy atom. The molecule has 1 fully saturated rings. The molecule has 1 aliphatic carbocycles. The van der Waals surface area contributed by atoms with Crippen LogP contribution in [0.2, 0.25) is 0 Å². The summed E-state index contributed by atoms with van der Waals surface area (Å²) in [5.74, 6) is 0.741. The highest BCUT2D eigenvalue weighted by molar-refractivity contribution is 5.90. The zero-order chi connectivity index (χ0) is 18.4. The Labute approximate surface area is 151 Å². The van der Waals surface area contributed by atoms with E-state index in [9.17, 15) is 9.59 Å². The summed E-state index contributed by atoms with van der Waals surface area (Å²) in [6.07, 6.45) is 5.92. The van der Waals surface area contributed by atoms with Crippen molar-refractivity contribution in [2.75, 3.05) is 5.32 Å². The number of carboxylic acid groups (broad SMARTS) is 1. The zero-order valence-corrected chi connectivity index (χ0v) is 14.6. The van der Waals surface area contributed by atoms with Crippen molar-refractivity contribution in [3.8, 4) is 0 Å². The molecule has 0 saturated heterocycles. The zero-order valence-electron chi connectivity index (χ0n) is 14.6. The van der Waals surface area contributed by atoms with Crippen LogP contribution in [0.1, 0.15) is 61.7 Å². The second-order valence-electron chi connectivity index (χ2n) is 6.67. The first-order valence-electron chi connectivity index (χ1n) is 9.03. The normalized spacial score (nSPS) is 14.5. The van der Waals surface area contributed by atoms with Crippen LogP contribution in [0.4, 0.5) is 5.69 Å². The largest absolute Gasteiger partial charge is 0.481 e. The first-order chi connectivity index (χ1) is 12.6. The maximum absolute atomic E-state index is 12.1. The molecule has 1 aromatic carbocycles. The van der Waals surface area contributed by atoms with Gasteiger partial charge in [0.2, 0.25) is 11.8 Å². The molecule has 7 heteroatoms. The van der Waals surface area contributed by atoms with Gasteiger partial charge in [0.05, 0.1) is 0 Å². The van der Waals surface area contributed by atoms with Gasteiger partial charge >= 0.3 is 5.97 Å². The van der Waals surface area contributed by atoms with E-state index in [-0.39, 0.29) is 18.7 Å². The number of benzene rings is 1. The SMILES string of the molecule is O=C(O)CCc1ccc(NC(=O)CCc2nc(C3CCCC3)no2)cc1. The lowest BCUT2D eigenvalue weighted by Crippen LogP contribution is -2.12. The summed E-state index contributed by atoms with van der Waals surface area (Å²) in [6, 6.07) is 7.20. The lowest BCUT2D eigenvalue weighted by Gasteiger charge is -2.05. The monoisotopic (exact) mass is 357 g/mol. The number of aliphatic carboxylic acids is 1. The molecule has 0 spiro atoms. The molecule has 138 valence electrons. The number of hydrogen-bond donors (Lipinski definition) is 2. The third kappa shape index (κ3) is 5.15. The second-order valence-corrected chi connectivity index (χ2v) is 6.67. The Balaban J connectivity index is 1.44. The van der Waals surface area contributed by atoms with Crippen molar-refractivity contribution >= 4 is 17.6 Å². The standard InChI is InChI=1S/C19H23N3O4/c23-16(20-15-8-5-13(6-9-15)7-12-18(24)25)10-11-17-21-19(22-26-17)14-3-1-2-4-14/h5-6,8-9,14H,1-4,7,10-12H2,(H,20,23)(H,24,25). The molecule has 1 amide bonds. The van der Waals surface area contributed by atoms with Gasteiger partial charge in [0.25, 0.3) is 0 Å². The number of carbonyl (C=O) groups excluding carboxylic acids is 1. The Kier molecular flexibility index (Phi) is 5.99. The van der Waals surface area contributed by atoms with E-state index in [1.54, 1.807) is 12.1 Å². The maximum Gasteiger partial charge on any atom is 0.303 e. The first kappa shape index (κ1) is 18.1. The van der Waals surface area contributed by atoms with Crippen molar-refractivity contribution in [3.63, 3.8) is 0 Å². The smallest absolute Gasteiger partial charge is 0.303 e. The summed E-state index contributed by atoms with van der Waals surface area (Å²) in [5, 5.41) is 15.6. The minimum atomic E-state index is -0.820. The fourth-order valence-electron chi connectivity index (χ4n) is 3.17. The number of aromatic nitrogens is 2. The molecule has 2 N–H and O–H groups in total. The van der Waals surface area contributed by atoms with Crippen LogP contribution in [-0.4, -0.2) is 27.1 Å². The molecule has 0 atom stereocenters. The highest BCUT2D eigenvalue weighted by Crippen LogP contribution is 2.32. The fourth-order valence-corrected chi connectivity index (χ4v) is 3.17. The maximum atomic E-state index is 12.1. The summed E-state index contributed by atoms with van der Waals surface area (Å²) in [7, 11) is 0. The van der Waals surface area contributed by atoms with Crippen LogP contribution in [0, 0.1) is 0 Å². The third-order valence-electron chi connectivity index (χ3n) is 4.64. The molecule has 2 aromatic rings. The van der Waals surface area contributed by atoms with Gasteiger partial charge in [-0.25, -0.2) is 0 Å². The van der Waals surface area contributed by atoms with Crippen molar-refractivity contribution in [1.82, 2.24) is 10.1 Å². The summed E-state index contributed by atoms with van der Waals surface area (Å²) < 4.78 is 5.25. The Bertz CT molecular complexity index is 748. The molecule has 1 heterocycles. The Hall–Kier alpha value is -2.70. The molecule has 1 saturated carbocycles. The van der Waals surface area contributed by atoms with E-state index < -0.39 is 5.97 Å². The third-order valence-corrected chi connectivity index (χ3v) is 4.64. The van der Waals surface area contributed by atoms with Crippen LogP contribution >= 0.6 is 0 Å². The number of carbonyl (C=O) groups is 2. The van der Waals surface area contributed by atoms with E-state index >= 15 is 0 Å². The van der Waals surface area contributed by atoms with Gasteiger partial charge in [-0.05, 0) is 37.0 Å². The van der Waals surface area contributed by atoms with Gasteiger partial charge in [-0.2, -0.15) is 4.98 Å². The summed E-state index contributed by atoms with van der Waals surface area (Å²) in [6.45, 7) is 0. The molecule has 0 aliphatic heterocycles. The van der Waals surface area contributed by atoms with Crippen LogP contribution in [0.5, 0.6) is 0 Å². The van der Waals surface area contributed by atoms with Crippen LogP contribution < -0.4 is 5.32 Å². The number of amides is 1. The highest BCUT2D eigenvalue weighted by atomic mass is 16.5. The number of carboxylic acids is 1. The van der Waals surface area contributed by atoms with Gasteiger partial charge < -0.3 is 14.9 Å². The summed E-state index contributed by atoms with van der Waals surface area (Å²) in [4.78, 5) is 27.1. The van der Waals surface area contributed by atoms with Crippen LogP contribution in [0.15, 0.2) is 28.8 Å². The number of anilines is 1. The minimum absolute atomic E-state index is 0.0960. The van der Waals surface area contributed by atoms with E-state index in [0.717, 1.165) is 24.2 Å². The molecular formula is C19H23N3O4. The summed E-state index contributed by atoms with van der Waals surface area (Å²) >= 11 is 0. The van der Waals surface area contributed by atoms with Crippen LogP contribution in [-0.2, 0) is 22.4 Å². The molecule has 1 aliphatic rings. The van der Waals surface area contributed by atoms with E-state index in [2.05, 4.69) is 15.5 Å². The average molecular weight is 357 g/mol. The number of hydrogen-bond acceptors (Lipinski definition) is 5. The van der Waals surface area contributed by atoms with Gasteiger partial charge in [-0.3, -0.25) is 9.59 Å². The van der Waals surface area contributed by atoms with Crippen molar-refractivity contribution in [3.05, 3.63) is 41.5 Å². The Morgan fingerprint density at radius 2 is 1.85 bits per heavy atom. The lowest BCUT2D eigenvalue weighted by atomic mass is 10.1. The molecule has 7 nitrogen and oxygen atoms in total. The van der Waals surface area contributed by atoms with Gasteiger partial charge in [-0.1, -0.05) is 30.1 Å². The van der Waals surface area contributed by atoms with Crippen molar-refractivity contribution in [2.45, 2.75) is 57.3 Å². The van der Waals surface area contributed by atoms with E-state index in [4.69, 9.17) is 9.63 Å². The molecule has 0 bridgehead atoms.